The molecule has 11 heteroatoms. The van der Waals surface area contributed by atoms with Gasteiger partial charge in [0.05, 0.1) is 31.3 Å². The Morgan fingerprint density at radius 1 is 1.37 bits per heavy atom. The van der Waals surface area contributed by atoms with E-state index in [1.807, 2.05) is 22.9 Å². The molecule has 30 heavy (non-hydrogen) atoms. The molecule has 3 heterocycles. The van der Waals surface area contributed by atoms with Gasteiger partial charge in [-0.25, -0.2) is 4.68 Å². The van der Waals surface area contributed by atoms with E-state index >= 15 is 0 Å². The topological polar surface area (TPSA) is 108 Å². The first-order valence-electron chi connectivity index (χ1n) is 8.98. The molecular formula is C19H17ClN6O3S. The zero-order chi connectivity index (χ0) is 20.9. The molecule has 0 aliphatic rings. The van der Waals surface area contributed by atoms with Crippen LogP contribution in [0.3, 0.4) is 0 Å². The van der Waals surface area contributed by atoms with Gasteiger partial charge in [-0.05, 0) is 29.1 Å². The molecule has 1 N–H and O–H groups in total. The lowest BCUT2D eigenvalue weighted by Gasteiger charge is -2.07. The maximum Gasteiger partial charge on any atom is 0.280 e. The molecule has 0 radical (unpaired) electrons. The van der Waals surface area contributed by atoms with E-state index in [2.05, 4.69) is 25.8 Å². The molecule has 0 saturated heterocycles. The number of nitrogens with one attached hydrogen (secondary N) is 1. The molecule has 1 aromatic carbocycles. The van der Waals surface area contributed by atoms with Crippen LogP contribution in [0, 0.1) is 0 Å². The van der Waals surface area contributed by atoms with Crippen molar-refractivity contribution in [1.82, 2.24) is 30.5 Å². The number of ether oxygens (including phenoxy) is 1. The maximum absolute atomic E-state index is 12.1. The summed E-state index contributed by atoms with van der Waals surface area (Å²) in [6, 6.07) is 7.18. The van der Waals surface area contributed by atoms with Crippen LogP contribution >= 0.6 is 22.9 Å². The van der Waals surface area contributed by atoms with E-state index < -0.39 is 0 Å². The highest BCUT2D eigenvalue weighted by molar-refractivity contribution is 7.08. The van der Waals surface area contributed by atoms with Gasteiger partial charge in [0.2, 0.25) is 11.7 Å². The summed E-state index contributed by atoms with van der Waals surface area (Å²) < 4.78 is 12.0. The van der Waals surface area contributed by atoms with Gasteiger partial charge >= 0.3 is 0 Å². The number of aromatic nitrogens is 5. The van der Waals surface area contributed by atoms with Crippen LogP contribution in [0.15, 0.2) is 45.7 Å². The molecule has 0 fully saturated rings. The minimum atomic E-state index is -0.117. The molecule has 0 unspecified atom stereocenters. The van der Waals surface area contributed by atoms with Crippen LogP contribution in [0.1, 0.15) is 5.56 Å². The number of hydrogen-bond donors (Lipinski definition) is 1. The van der Waals surface area contributed by atoms with Crippen molar-refractivity contribution in [2.75, 3.05) is 13.7 Å². The smallest absolute Gasteiger partial charge is 0.280 e. The summed E-state index contributed by atoms with van der Waals surface area (Å²) in [4.78, 5) is 16.5. The van der Waals surface area contributed by atoms with Gasteiger partial charge in [0.25, 0.3) is 5.89 Å². The Labute approximate surface area is 180 Å². The Bertz CT molecular complexity index is 1140. The summed E-state index contributed by atoms with van der Waals surface area (Å²) in [7, 11) is 1.55. The number of benzene rings is 1. The van der Waals surface area contributed by atoms with Crippen molar-refractivity contribution in [2.45, 2.75) is 13.0 Å². The molecule has 0 saturated carbocycles. The van der Waals surface area contributed by atoms with Crippen LogP contribution < -0.4 is 10.1 Å². The number of amides is 1. The molecule has 0 atom stereocenters. The number of methoxy groups -OCH3 is 1. The quantitative estimate of drug-likeness (QED) is 0.445. The van der Waals surface area contributed by atoms with Gasteiger partial charge < -0.3 is 14.6 Å². The Hall–Kier alpha value is -3.24. The summed E-state index contributed by atoms with van der Waals surface area (Å²) >= 11 is 7.65. The highest BCUT2D eigenvalue weighted by Gasteiger charge is 2.14. The molecule has 0 spiro atoms. The number of halogens is 1. The van der Waals surface area contributed by atoms with Gasteiger partial charge in [0.15, 0.2) is 5.69 Å². The van der Waals surface area contributed by atoms with Gasteiger partial charge in [-0.1, -0.05) is 28.0 Å². The van der Waals surface area contributed by atoms with E-state index in [4.69, 9.17) is 20.9 Å². The third-order valence-electron chi connectivity index (χ3n) is 4.21. The van der Waals surface area contributed by atoms with Crippen LogP contribution in [-0.4, -0.2) is 44.7 Å². The summed E-state index contributed by atoms with van der Waals surface area (Å²) in [6.45, 7) is 0.850. The number of carbonyl (C=O) groups excluding carboxylic acids is 1. The molecule has 154 valence electrons. The van der Waals surface area contributed by atoms with Gasteiger partial charge in [0, 0.05) is 17.5 Å². The number of carbonyl (C=O) groups is 1. The molecule has 4 aromatic rings. The Morgan fingerprint density at radius 3 is 3.03 bits per heavy atom. The van der Waals surface area contributed by atoms with E-state index in [1.54, 1.807) is 41.5 Å². The Balaban J connectivity index is 1.28. The minimum Gasteiger partial charge on any atom is -0.495 e. The Morgan fingerprint density at radius 2 is 2.27 bits per heavy atom. The van der Waals surface area contributed by atoms with E-state index in [9.17, 15) is 4.79 Å². The first-order valence-corrected chi connectivity index (χ1v) is 10.3. The van der Waals surface area contributed by atoms with E-state index in [-0.39, 0.29) is 12.3 Å². The molecule has 0 bridgehead atoms. The monoisotopic (exact) mass is 444 g/mol. The van der Waals surface area contributed by atoms with E-state index in [1.165, 1.54) is 0 Å². The molecule has 0 aliphatic heterocycles. The average Bonchev–Trinajstić information content (AvgIpc) is 3.48. The average molecular weight is 445 g/mol. The van der Waals surface area contributed by atoms with Gasteiger partial charge in [0.1, 0.15) is 5.75 Å². The lowest BCUT2D eigenvalue weighted by molar-refractivity contribution is -0.120. The molecule has 1 amide bonds. The molecule has 4 rings (SSSR count). The second kappa shape index (κ2) is 9.06. The van der Waals surface area contributed by atoms with E-state index in [0.29, 0.717) is 41.3 Å². The third kappa shape index (κ3) is 4.66. The van der Waals surface area contributed by atoms with Crippen molar-refractivity contribution in [3.63, 3.8) is 0 Å². The van der Waals surface area contributed by atoms with Gasteiger partial charge in [-0.3, -0.25) is 4.79 Å². The fourth-order valence-electron chi connectivity index (χ4n) is 2.72. The molecule has 3 aromatic heterocycles. The minimum absolute atomic E-state index is 0.117. The lowest BCUT2D eigenvalue weighted by Crippen LogP contribution is -2.28. The van der Waals surface area contributed by atoms with Crippen molar-refractivity contribution in [3.05, 3.63) is 51.8 Å². The standard InChI is InChI=1S/C19H17ClN6O3S/c1-28-16-3-2-12(8-14(16)20)9-17(27)21-5-6-26-10-15(23-25-26)19-22-18(24-29-19)13-4-7-30-11-13/h2-4,7-8,10-11H,5-6,9H2,1H3,(H,21,27). The number of thiophene rings is 1. The lowest BCUT2D eigenvalue weighted by atomic mass is 10.1. The second-order valence-electron chi connectivity index (χ2n) is 6.30. The Kier molecular flexibility index (Phi) is 6.05. The normalized spacial score (nSPS) is 10.9. The predicted molar refractivity (Wildman–Crippen MR) is 111 cm³/mol. The fourth-order valence-corrected chi connectivity index (χ4v) is 3.63. The van der Waals surface area contributed by atoms with Crippen molar-refractivity contribution in [3.8, 4) is 28.7 Å². The first-order chi connectivity index (χ1) is 14.6. The molecular weight excluding hydrogens is 428 g/mol. The van der Waals surface area contributed by atoms with Crippen molar-refractivity contribution in [1.29, 1.82) is 0 Å². The number of hydrogen-bond acceptors (Lipinski definition) is 8. The van der Waals surface area contributed by atoms with Crippen LogP contribution in [0.25, 0.3) is 23.0 Å². The maximum atomic E-state index is 12.1. The SMILES string of the molecule is COc1ccc(CC(=O)NCCn2cc(-c3nc(-c4ccsc4)no3)nn2)cc1Cl. The largest absolute Gasteiger partial charge is 0.495 e. The molecule has 0 aliphatic carbocycles. The third-order valence-corrected chi connectivity index (χ3v) is 5.19. The predicted octanol–water partition coefficient (Wildman–Crippen LogP) is 3.08. The zero-order valence-corrected chi connectivity index (χ0v) is 17.5. The first kappa shape index (κ1) is 20.0. The summed E-state index contributed by atoms with van der Waals surface area (Å²) in [5, 5.41) is 19.2. The van der Waals surface area contributed by atoms with Crippen LogP contribution in [0.4, 0.5) is 0 Å². The van der Waals surface area contributed by atoms with E-state index in [0.717, 1.165) is 11.1 Å². The number of rotatable bonds is 8. The van der Waals surface area contributed by atoms with Gasteiger partial charge in [-0.2, -0.15) is 16.3 Å². The van der Waals surface area contributed by atoms with Gasteiger partial charge in [-0.15, -0.1) is 5.10 Å². The molecule has 9 nitrogen and oxygen atoms in total. The van der Waals surface area contributed by atoms with Crippen molar-refractivity contribution >= 4 is 28.8 Å². The second-order valence-corrected chi connectivity index (χ2v) is 7.48. The van der Waals surface area contributed by atoms with Crippen LogP contribution in [0.5, 0.6) is 5.75 Å². The van der Waals surface area contributed by atoms with Crippen LogP contribution in [-0.2, 0) is 17.8 Å². The summed E-state index contributed by atoms with van der Waals surface area (Å²) in [5.74, 6) is 1.26. The highest BCUT2D eigenvalue weighted by Crippen LogP contribution is 2.25. The summed E-state index contributed by atoms with van der Waals surface area (Å²) in [6.07, 6.45) is 1.92. The number of nitrogens with zero attached hydrogens (tertiary/aromatic N) is 5. The van der Waals surface area contributed by atoms with Crippen molar-refractivity contribution in [2.24, 2.45) is 0 Å². The zero-order valence-electron chi connectivity index (χ0n) is 15.9. The van der Waals surface area contributed by atoms with Crippen molar-refractivity contribution < 1.29 is 14.1 Å². The van der Waals surface area contributed by atoms with Crippen LogP contribution in [0.2, 0.25) is 5.02 Å². The fraction of sp³-hybridized carbons (Fsp3) is 0.211. The summed E-state index contributed by atoms with van der Waals surface area (Å²) in [5.41, 5.74) is 2.17. The highest BCUT2D eigenvalue weighted by atomic mass is 35.5.